The molecule has 1 unspecified atom stereocenters. The Morgan fingerprint density at radius 1 is 1.08 bits per heavy atom. The van der Waals surface area contributed by atoms with Crippen molar-refractivity contribution >= 4 is 12.0 Å². The number of nitrogens with one attached hydrogen (secondary N) is 2. The number of benzene rings is 1. The Kier molecular flexibility index (Phi) is 5.35. The average Bonchev–Trinajstić information content (AvgIpc) is 3.43. The van der Waals surface area contributed by atoms with Gasteiger partial charge in [0.1, 0.15) is 0 Å². The van der Waals surface area contributed by atoms with Gasteiger partial charge in [-0.25, -0.2) is 9.59 Å². The highest BCUT2D eigenvalue weighted by atomic mass is 16.4. The van der Waals surface area contributed by atoms with Crippen molar-refractivity contribution in [2.24, 2.45) is 0 Å². The molecule has 1 aliphatic heterocycles. The summed E-state index contributed by atoms with van der Waals surface area (Å²) in [5.74, 6) is -0.944. The molecular formula is C18H25N3O3. The SMILES string of the molecule is O=C(NCc1ccc(C(=O)O)cc1)NCC1CCCCN1C1CC1. The van der Waals surface area contributed by atoms with E-state index in [0.717, 1.165) is 24.6 Å². The van der Waals surface area contributed by atoms with Crippen LogP contribution < -0.4 is 10.6 Å². The number of carbonyl (C=O) groups excluding carboxylic acids is 1. The summed E-state index contributed by atoms with van der Waals surface area (Å²) in [7, 11) is 0. The molecule has 1 saturated carbocycles. The number of rotatable bonds is 6. The lowest BCUT2D eigenvalue weighted by Crippen LogP contribution is -2.49. The molecule has 2 aliphatic rings. The van der Waals surface area contributed by atoms with Crippen LogP contribution >= 0.6 is 0 Å². The fourth-order valence-corrected chi connectivity index (χ4v) is 3.35. The van der Waals surface area contributed by atoms with Crippen LogP contribution in [0.1, 0.15) is 48.0 Å². The fourth-order valence-electron chi connectivity index (χ4n) is 3.35. The van der Waals surface area contributed by atoms with E-state index in [1.807, 2.05) is 0 Å². The maximum absolute atomic E-state index is 12.0. The maximum atomic E-state index is 12.0. The molecule has 24 heavy (non-hydrogen) atoms. The highest BCUT2D eigenvalue weighted by Crippen LogP contribution is 2.32. The number of carboxylic acids is 1. The van der Waals surface area contributed by atoms with Crippen molar-refractivity contribution in [1.82, 2.24) is 15.5 Å². The second kappa shape index (κ2) is 7.66. The summed E-state index contributed by atoms with van der Waals surface area (Å²) in [6.45, 7) is 2.25. The first kappa shape index (κ1) is 16.8. The Hall–Kier alpha value is -2.08. The summed E-state index contributed by atoms with van der Waals surface area (Å²) in [6, 6.07) is 7.58. The van der Waals surface area contributed by atoms with Gasteiger partial charge < -0.3 is 15.7 Å². The summed E-state index contributed by atoms with van der Waals surface area (Å²) in [4.78, 5) is 25.4. The van der Waals surface area contributed by atoms with Gasteiger partial charge in [-0.3, -0.25) is 4.90 Å². The first-order chi connectivity index (χ1) is 11.6. The molecule has 3 N–H and O–H groups in total. The van der Waals surface area contributed by atoms with Gasteiger partial charge in [0.25, 0.3) is 0 Å². The Bertz CT molecular complexity index is 584. The monoisotopic (exact) mass is 331 g/mol. The number of piperidine rings is 1. The summed E-state index contributed by atoms with van der Waals surface area (Å²) < 4.78 is 0. The van der Waals surface area contributed by atoms with Crippen molar-refractivity contribution in [2.75, 3.05) is 13.1 Å². The van der Waals surface area contributed by atoms with Gasteiger partial charge in [-0.05, 0) is 49.9 Å². The molecule has 0 radical (unpaired) electrons. The Morgan fingerprint density at radius 2 is 1.83 bits per heavy atom. The van der Waals surface area contributed by atoms with Crippen LogP contribution in [0.25, 0.3) is 0 Å². The van der Waals surface area contributed by atoms with Crippen LogP contribution in [0.3, 0.4) is 0 Å². The van der Waals surface area contributed by atoms with Gasteiger partial charge in [0, 0.05) is 25.2 Å². The van der Waals surface area contributed by atoms with Gasteiger partial charge in [0.05, 0.1) is 5.56 Å². The molecule has 0 spiro atoms. The first-order valence-electron chi connectivity index (χ1n) is 8.73. The van der Waals surface area contributed by atoms with Crippen LogP contribution in [0.2, 0.25) is 0 Å². The van der Waals surface area contributed by atoms with Crippen molar-refractivity contribution in [3.05, 3.63) is 35.4 Å². The predicted octanol–water partition coefficient (Wildman–Crippen LogP) is 2.20. The highest BCUT2D eigenvalue weighted by Gasteiger charge is 2.35. The van der Waals surface area contributed by atoms with E-state index in [4.69, 9.17) is 5.11 Å². The molecule has 1 aliphatic carbocycles. The molecule has 1 atom stereocenters. The molecule has 130 valence electrons. The molecule has 1 aromatic carbocycles. The Labute approximate surface area is 142 Å². The lowest BCUT2D eigenvalue weighted by Gasteiger charge is -2.36. The van der Waals surface area contributed by atoms with Crippen molar-refractivity contribution in [3.8, 4) is 0 Å². The zero-order valence-electron chi connectivity index (χ0n) is 13.8. The summed E-state index contributed by atoms with van der Waals surface area (Å²) in [6.07, 6.45) is 6.27. The van der Waals surface area contributed by atoms with E-state index in [0.29, 0.717) is 19.1 Å². The predicted molar refractivity (Wildman–Crippen MR) is 91.0 cm³/mol. The van der Waals surface area contributed by atoms with Gasteiger partial charge in [-0.15, -0.1) is 0 Å². The van der Waals surface area contributed by atoms with Gasteiger partial charge in [-0.2, -0.15) is 0 Å². The van der Waals surface area contributed by atoms with Gasteiger partial charge >= 0.3 is 12.0 Å². The molecule has 6 heteroatoms. The first-order valence-corrected chi connectivity index (χ1v) is 8.73. The van der Waals surface area contributed by atoms with Crippen LogP contribution in [0, 0.1) is 0 Å². The number of amides is 2. The van der Waals surface area contributed by atoms with Crippen LogP contribution in [-0.2, 0) is 6.54 Å². The van der Waals surface area contributed by atoms with Crippen molar-refractivity contribution in [2.45, 2.75) is 50.7 Å². The topological polar surface area (TPSA) is 81.7 Å². The van der Waals surface area contributed by atoms with Crippen molar-refractivity contribution in [3.63, 3.8) is 0 Å². The number of carbonyl (C=O) groups is 2. The zero-order chi connectivity index (χ0) is 16.9. The number of nitrogens with zero attached hydrogens (tertiary/aromatic N) is 1. The van der Waals surface area contributed by atoms with Gasteiger partial charge in [-0.1, -0.05) is 18.6 Å². The fraction of sp³-hybridized carbons (Fsp3) is 0.556. The molecule has 1 aromatic rings. The minimum absolute atomic E-state index is 0.168. The van der Waals surface area contributed by atoms with Crippen molar-refractivity contribution < 1.29 is 14.7 Å². The molecule has 2 amide bonds. The third-order valence-electron chi connectivity index (χ3n) is 4.84. The van der Waals surface area contributed by atoms with Gasteiger partial charge in [0.15, 0.2) is 0 Å². The standard InChI is InChI=1S/C18H25N3O3/c22-17(23)14-6-4-13(5-7-14)11-19-18(24)20-12-16-3-1-2-10-21(16)15-8-9-15/h4-7,15-16H,1-3,8-12H2,(H,22,23)(H2,19,20,24). The number of hydrogen-bond acceptors (Lipinski definition) is 3. The molecule has 1 heterocycles. The normalized spacial score (nSPS) is 21.2. The van der Waals surface area contributed by atoms with E-state index >= 15 is 0 Å². The smallest absolute Gasteiger partial charge is 0.335 e. The lowest BCUT2D eigenvalue weighted by molar-refractivity contribution is 0.0697. The van der Waals surface area contributed by atoms with Crippen LogP contribution in [0.15, 0.2) is 24.3 Å². The molecule has 0 aromatic heterocycles. The summed E-state index contributed by atoms with van der Waals surface area (Å²) >= 11 is 0. The van der Waals surface area contributed by atoms with Crippen molar-refractivity contribution in [1.29, 1.82) is 0 Å². The zero-order valence-corrected chi connectivity index (χ0v) is 13.8. The minimum atomic E-state index is -0.944. The highest BCUT2D eigenvalue weighted by molar-refractivity contribution is 5.87. The van der Waals surface area contributed by atoms with E-state index in [1.54, 1.807) is 24.3 Å². The molecule has 1 saturated heterocycles. The second-order valence-corrected chi connectivity index (χ2v) is 6.68. The molecule has 3 rings (SSSR count). The second-order valence-electron chi connectivity index (χ2n) is 6.68. The molecule has 0 bridgehead atoms. The third-order valence-corrected chi connectivity index (χ3v) is 4.84. The number of likely N-dealkylation sites (tertiary alicyclic amines) is 1. The number of carboxylic acid groups (broad SMARTS) is 1. The van der Waals surface area contributed by atoms with E-state index in [2.05, 4.69) is 15.5 Å². The van der Waals surface area contributed by atoms with E-state index in [9.17, 15) is 9.59 Å². The maximum Gasteiger partial charge on any atom is 0.335 e. The van der Waals surface area contributed by atoms with Crippen LogP contribution in [0.4, 0.5) is 4.79 Å². The summed E-state index contributed by atoms with van der Waals surface area (Å²) in [5.41, 5.74) is 1.13. The average molecular weight is 331 g/mol. The quantitative estimate of drug-likeness (QED) is 0.746. The Balaban J connectivity index is 1.41. The van der Waals surface area contributed by atoms with E-state index < -0.39 is 5.97 Å². The van der Waals surface area contributed by atoms with Gasteiger partial charge in [0.2, 0.25) is 0 Å². The third kappa shape index (κ3) is 4.47. The number of hydrogen-bond donors (Lipinski definition) is 3. The molecular weight excluding hydrogens is 306 g/mol. The number of aromatic carboxylic acids is 1. The van der Waals surface area contributed by atoms with Crippen LogP contribution in [0.5, 0.6) is 0 Å². The van der Waals surface area contributed by atoms with E-state index in [-0.39, 0.29) is 11.6 Å². The van der Waals surface area contributed by atoms with Crippen LogP contribution in [-0.4, -0.2) is 47.2 Å². The number of urea groups is 1. The van der Waals surface area contributed by atoms with E-state index in [1.165, 1.54) is 25.7 Å². The summed E-state index contributed by atoms with van der Waals surface area (Å²) in [5, 5.41) is 14.7. The molecule has 6 nitrogen and oxygen atoms in total. The largest absolute Gasteiger partial charge is 0.478 e. The minimum Gasteiger partial charge on any atom is -0.478 e. The lowest BCUT2D eigenvalue weighted by atomic mass is 10.0. The molecule has 2 fully saturated rings. The Morgan fingerprint density at radius 3 is 2.50 bits per heavy atom.